The van der Waals surface area contributed by atoms with Gasteiger partial charge in [-0.05, 0) is 24.7 Å². The molecule has 3 heteroatoms. The van der Waals surface area contributed by atoms with Crippen molar-refractivity contribution >= 4 is 11.6 Å². The van der Waals surface area contributed by atoms with E-state index in [-0.39, 0.29) is 0 Å². The fourth-order valence-corrected chi connectivity index (χ4v) is 2.54. The van der Waals surface area contributed by atoms with Gasteiger partial charge in [0.2, 0.25) is 0 Å². The van der Waals surface area contributed by atoms with E-state index in [2.05, 4.69) is 30.3 Å². The third-order valence-corrected chi connectivity index (χ3v) is 3.38. The lowest BCUT2D eigenvalue weighted by atomic mass is 9.98. The van der Waals surface area contributed by atoms with Crippen LogP contribution >= 0.6 is 11.6 Å². The molecule has 0 spiro atoms. The summed E-state index contributed by atoms with van der Waals surface area (Å²) in [6, 6.07) is 0. The lowest BCUT2D eigenvalue weighted by molar-refractivity contribution is 0.404. The summed E-state index contributed by atoms with van der Waals surface area (Å²) in [4.78, 5) is 4.50. The molecule has 0 bridgehead atoms. The summed E-state index contributed by atoms with van der Waals surface area (Å²) in [6.45, 7) is 7.83. The Morgan fingerprint density at radius 2 is 2.27 bits per heavy atom. The van der Waals surface area contributed by atoms with Gasteiger partial charge in [-0.2, -0.15) is 0 Å². The van der Waals surface area contributed by atoms with Crippen LogP contribution in [0.5, 0.6) is 0 Å². The largest absolute Gasteiger partial charge is 0.331 e. The molecule has 15 heavy (non-hydrogen) atoms. The number of hydrogen-bond donors (Lipinski definition) is 0. The summed E-state index contributed by atoms with van der Waals surface area (Å²) in [5, 5.41) is 0.734. The second-order valence-corrected chi connectivity index (χ2v) is 5.47. The highest BCUT2D eigenvalue weighted by Crippen LogP contribution is 2.28. The van der Waals surface area contributed by atoms with Gasteiger partial charge in [0.1, 0.15) is 5.82 Å². The van der Waals surface area contributed by atoms with Gasteiger partial charge in [0.05, 0.1) is 5.69 Å². The van der Waals surface area contributed by atoms with Crippen molar-refractivity contribution < 1.29 is 0 Å². The number of imidazole rings is 1. The molecule has 0 aromatic carbocycles. The van der Waals surface area contributed by atoms with Crippen LogP contribution in [-0.2, 0) is 19.4 Å². The van der Waals surface area contributed by atoms with Crippen molar-refractivity contribution in [2.45, 2.75) is 46.6 Å². The Kier molecular flexibility index (Phi) is 3.06. The van der Waals surface area contributed by atoms with Crippen LogP contribution in [0.4, 0.5) is 0 Å². The minimum Gasteiger partial charge on any atom is -0.331 e. The highest BCUT2D eigenvalue weighted by atomic mass is 35.5. The first-order valence-corrected chi connectivity index (χ1v) is 6.19. The third-order valence-electron chi connectivity index (χ3n) is 3.08. The Balaban J connectivity index is 2.31. The average Bonchev–Trinajstić information content (AvgIpc) is 2.42. The maximum Gasteiger partial charge on any atom is 0.150 e. The fraction of sp³-hybridized carbons (Fsp3) is 0.750. The zero-order valence-electron chi connectivity index (χ0n) is 9.76. The second kappa shape index (κ2) is 4.17. The summed E-state index contributed by atoms with van der Waals surface area (Å²) in [5.74, 6) is 2.57. The maximum absolute atomic E-state index is 6.18. The molecule has 1 atom stereocenters. The van der Waals surface area contributed by atoms with E-state index < -0.39 is 0 Å². The standard InChI is InChI=1S/C12H19ClN2/c1-8(2)6-11-14-12(13)10-7-9(3)4-5-15(10)11/h8-9H,4-7H2,1-3H3. The molecular weight excluding hydrogens is 208 g/mol. The molecule has 0 saturated carbocycles. The quantitative estimate of drug-likeness (QED) is 0.757. The summed E-state index contributed by atoms with van der Waals surface area (Å²) >= 11 is 6.18. The van der Waals surface area contributed by atoms with Crippen LogP contribution in [0, 0.1) is 11.8 Å². The van der Waals surface area contributed by atoms with E-state index in [0.29, 0.717) is 5.92 Å². The lowest BCUT2D eigenvalue weighted by Gasteiger charge is -2.22. The Morgan fingerprint density at radius 3 is 2.93 bits per heavy atom. The molecule has 0 aliphatic carbocycles. The first-order chi connectivity index (χ1) is 7.08. The van der Waals surface area contributed by atoms with Crippen LogP contribution in [0.15, 0.2) is 0 Å². The highest BCUT2D eigenvalue weighted by Gasteiger charge is 2.22. The van der Waals surface area contributed by atoms with Crippen LogP contribution in [0.3, 0.4) is 0 Å². The van der Waals surface area contributed by atoms with Crippen LogP contribution in [-0.4, -0.2) is 9.55 Å². The summed E-state index contributed by atoms with van der Waals surface area (Å²) < 4.78 is 2.34. The van der Waals surface area contributed by atoms with E-state index in [0.717, 1.165) is 30.5 Å². The Hall–Kier alpha value is -0.500. The SMILES string of the molecule is CC(C)Cc1nc(Cl)c2n1CCC(C)C2. The van der Waals surface area contributed by atoms with Gasteiger partial charge in [0, 0.05) is 13.0 Å². The monoisotopic (exact) mass is 226 g/mol. The number of hydrogen-bond acceptors (Lipinski definition) is 1. The number of rotatable bonds is 2. The predicted octanol–water partition coefficient (Wildman–Crippen LogP) is 3.32. The predicted molar refractivity (Wildman–Crippen MR) is 63.3 cm³/mol. The van der Waals surface area contributed by atoms with Crippen LogP contribution in [0.1, 0.15) is 38.7 Å². The van der Waals surface area contributed by atoms with Gasteiger partial charge < -0.3 is 4.57 Å². The number of halogens is 1. The summed E-state index contributed by atoms with van der Waals surface area (Å²) in [5.41, 5.74) is 1.26. The maximum atomic E-state index is 6.18. The lowest BCUT2D eigenvalue weighted by Crippen LogP contribution is -2.19. The van der Waals surface area contributed by atoms with Crippen LogP contribution in [0.25, 0.3) is 0 Å². The third kappa shape index (κ3) is 2.20. The van der Waals surface area contributed by atoms with Crippen molar-refractivity contribution in [1.29, 1.82) is 0 Å². The van der Waals surface area contributed by atoms with E-state index in [1.54, 1.807) is 0 Å². The van der Waals surface area contributed by atoms with Gasteiger partial charge in [0.25, 0.3) is 0 Å². The van der Waals surface area contributed by atoms with E-state index in [9.17, 15) is 0 Å². The molecule has 0 amide bonds. The minimum atomic E-state index is 0.645. The molecule has 1 aromatic heterocycles. The number of fused-ring (bicyclic) bond motifs is 1. The van der Waals surface area contributed by atoms with Crippen molar-refractivity contribution in [3.05, 3.63) is 16.7 Å². The molecule has 2 heterocycles. The van der Waals surface area contributed by atoms with E-state index >= 15 is 0 Å². The summed E-state index contributed by atoms with van der Waals surface area (Å²) in [7, 11) is 0. The molecule has 0 radical (unpaired) electrons. The number of aromatic nitrogens is 2. The Labute approximate surface area is 96.7 Å². The van der Waals surface area contributed by atoms with E-state index in [4.69, 9.17) is 11.6 Å². The van der Waals surface area contributed by atoms with Crippen molar-refractivity contribution in [2.75, 3.05) is 0 Å². The zero-order chi connectivity index (χ0) is 11.0. The molecule has 0 saturated heterocycles. The Bertz CT molecular complexity index is 355. The molecule has 1 aromatic rings. The molecule has 2 rings (SSSR count). The minimum absolute atomic E-state index is 0.645. The first kappa shape index (κ1) is 11.0. The van der Waals surface area contributed by atoms with Gasteiger partial charge in [-0.3, -0.25) is 0 Å². The van der Waals surface area contributed by atoms with Crippen molar-refractivity contribution in [3.63, 3.8) is 0 Å². The van der Waals surface area contributed by atoms with E-state index in [1.165, 1.54) is 17.9 Å². The van der Waals surface area contributed by atoms with Gasteiger partial charge in [-0.1, -0.05) is 32.4 Å². The Morgan fingerprint density at radius 1 is 1.53 bits per heavy atom. The van der Waals surface area contributed by atoms with Crippen molar-refractivity contribution in [3.8, 4) is 0 Å². The average molecular weight is 227 g/mol. The fourth-order valence-electron chi connectivity index (χ4n) is 2.27. The summed E-state index contributed by atoms with van der Waals surface area (Å²) in [6.07, 6.45) is 3.38. The van der Waals surface area contributed by atoms with Crippen molar-refractivity contribution in [2.24, 2.45) is 11.8 Å². The number of nitrogens with zero attached hydrogens (tertiary/aromatic N) is 2. The van der Waals surface area contributed by atoms with Crippen LogP contribution in [0.2, 0.25) is 5.15 Å². The topological polar surface area (TPSA) is 17.8 Å². The molecule has 2 nitrogen and oxygen atoms in total. The van der Waals surface area contributed by atoms with E-state index in [1.807, 2.05) is 0 Å². The zero-order valence-corrected chi connectivity index (χ0v) is 10.5. The molecule has 84 valence electrons. The van der Waals surface area contributed by atoms with Gasteiger partial charge >= 0.3 is 0 Å². The van der Waals surface area contributed by atoms with Gasteiger partial charge in [-0.25, -0.2) is 4.98 Å². The second-order valence-electron chi connectivity index (χ2n) is 5.11. The van der Waals surface area contributed by atoms with Gasteiger partial charge in [0.15, 0.2) is 5.15 Å². The van der Waals surface area contributed by atoms with Crippen molar-refractivity contribution in [1.82, 2.24) is 9.55 Å². The smallest absolute Gasteiger partial charge is 0.150 e. The van der Waals surface area contributed by atoms with Crippen LogP contribution < -0.4 is 0 Å². The molecule has 1 aliphatic rings. The molecule has 0 fully saturated rings. The first-order valence-electron chi connectivity index (χ1n) is 5.81. The molecular formula is C12H19ClN2. The molecule has 1 aliphatic heterocycles. The molecule has 0 N–H and O–H groups in total. The normalized spacial score (nSPS) is 20.7. The highest BCUT2D eigenvalue weighted by molar-refractivity contribution is 6.30. The van der Waals surface area contributed by atoms with Gasteiger partial charge in [-0.15, -0.1) is 0 Å². The molecule has 1 unspecified atom stereocenters.